The Kier molecular flexibility index (Phi) is 27.2. The smallest absolute Gasteiger partial charge is 0.226 e. The van der Waals surface area contributed by atoms with Crippen molar-refractivity contribution in [1.82, 2.24) is 14.7 Å². The van der Waals surface area contributed by atoms with Gasteiger partial charge in [-0.3, -0.25) is 14.4 Å². The fraction of sp³-hybridized carbons (Fsp3) is 0.458. The zero-order chi connectivity index (χ0) is 56.7. The predicted octanol–water partition coefficient (Wildman–Crippen LogP) is 14.3. The first-order valence-corrected chi connectivity index (χ1v) is 31.1. The van der Waals surface area contributed by atoms with Gasteiger partial charge in [0.1, 0.15) is 0 Å². The highest BCUT2D eigenvalue weighted by Gasteiger charge is 2.27. The first-order valence-electron chi connectivity index (χ1n) is 31.1. The molecule has 3 fully saturated rings. The maximum atomic E-state index is 12.6. The van der Waals surface area contributed by atoms with Crippen LogP contribution in [0.25, 0.3) is 0 Å². The van der Waals surface area contributed by atoms with Crippen molar-refractivity contribution in [2.75, 3.05) is 93.2 Å². The Morgan fingerprint density at radius 2 is 0.580 bits per heavy atom. The van der Waals surface area contributed by atoms with Crippen molar-refractivity contribution in [3.8, 4) is 0 Å². The largest absolute Gasteiger partial charge is 0.312 e. The second-order valence-electron chi connectivity index (χ2n) is 22.8. The number of carbonyl (C=O) groups is 3. The van der Waals surface area contributed by atoms with E-state index in [4.69, 9.17) is 0 Å². The summed E-state index contributed by atoms with van der Waals surface area (Å²) in [5.41, 5.74) is 7.32. The lowest BCUT2D eigenvalue weighted by Crippen LogP contribution is -2.39. The maximum Gasteiger partial charge on any atom is 0.226 e. The van der Waals surface area contributed by atoms with Crippen LogP contribution in [0.2, 0.25) is 0 Å². The molecule has 9 heteroatoms. The number of para-hydroxylation sites is 3. The first kappa shape index (κ1) is 62.2. The molecule has 9 nitrogen and oxygen atoms in total. The number of anilines is 3. The molecule has 0 saturated carbocycles. The van der Waals surface area contributed by atoms with Crippen LogP contribution in [0.15, 0.2) is 182 Å². The molecule has 81 heavy (non-hydrogen) atoms. The summed E-state index contributed by atoms with van der Waals surface area (Å²) < 4.78 is 0. The van der Waals surface area contributed by atoms with E-state index >= 15 is 0 Å². The number of likely N-dealkylation sites (tertiary alicyclic amines) is 3. The molecule has 3 aliphatic heterocycles. The number of benzene rings is 6. The van der Waals surface area contributed by atoms with Gasteiger partial charge in [0.25, 0.3) is 0 Å². The van der Waals surface area contributed by atoms with E-state index < -0.39 is 0 Å². The first-order chi connectivity index (χ1) is 39.8. The minimum Gasteiger partial charge on any atom is -0.312 e. The van der Waals surface area contributed by atoms with Gasteiger partial charge in [0.2, 0.25) is 17.7 Å². The van der Waals surface area contributed by atoms with Crippen LogP contribution in [0.3, 0.4) is 0 Å². The Hall–Kier alpha value is -6.39. The van der Waals surface area contributed by atoms with Crippen molar-refractivity contribution >= 4 is 34.8 Å². The summed E-state index contributed by atoms with van der Waals surface area (Å²) >= 11 is 0. The van der Waals surface area contributed by atoms with Gasteiger partial charge in [0, 0.05) is 95.2 Å². The van der Waals surface area contributed by atoms with Gasteiger partial charge >= 0.3 is 0 Å². The molecule has 3 atom stereocenters. The fourth-order valence-corrected chi connectivity index (χ4v) is 12.0. The summed E-state index contributed by atoms with van der Waals surface area (Å²) in [4.78, 5) is 51.6. The Morgan fingerprint density at radius 1 is 0.346 bits per heavy atom. The van der Waals surface area contributed by atoms with Gasteiger partial charge in [0.05, 0.1) is 0 Å². The van der Waals surface area contributed by atoms with Crippen molar-refractivity contribution < 1.29 is 14.4 Å². The molecule has 0 bridgehead atoms. The molecule has 3 amide bonds. The van der Waals surface area contributed by atoms with E-state index in [1.807, 2.05) is 90.1 Å². The number of amides is 3. The average Bonchev–Trinajstić information content (AvgIpc) is 4.05. The summed E-state index contributed by atoms with van der Waals surface area (Å²) in [7, 11) is 0. The molecule has 0 N–H and O–H groups in total. The van der Waals surface area contributed by atoms with Crippen LogP contribution in [0.5, 0.6) is 0 Å². The molecule has 9 rings (SSSR count). The highest BCUT2D eigenvalue weighted by atomic mass is 16.2. The molecule has 0 radical (unpaired) electrons. The van der Waals surface area contributed by atoms with E-state index in [1.54, 1.807) is 0 Å². The summed E-state index contributed by atoms with van der Waals surface area (Å²) in [6.45, 7) is 18.5. The average molecular weight is 1090 g/mol. The van der Waals surface area contributed by atoms with Crippen LogP contribution < -0.4 is 14.7 Å². The van der Waals surface area contributed by atoms with Gasteiger partial charge in [-0.2, -0.15) is 0 Å². The quantitative estimate of drug-likeness (QED) is 0.0715. The molecule has 0 aromatic heterocycles. The molecule has 3 unspecified atom stereocenters. The molecule has 3 heterocycles. The molecule has 3 saturated heterocycles. The third-order valence-corrected chi connectivity index (χ3v) is 16.6. The van der Waals surface area contributed by atoms with Crippen molar-refractivity contribution in [2.24, 2.45) is 17.8 Å². The SMILES string of the molecule is CCC(=O)N(CC1CCCCN(CCc2ccccc2)C1)c1ccccc1.CCC(=O)N(CC1CCCCN(CCc2ccccc2)C1)c1ccccc1.CCC(=O)N(CC1CCCCN(CCc2ccccc2)C1)c1ccccc1. The maximum absolute atomic E-state index is 12.6. The highest BCUT2D eigenvalue weighted by molar-refractivity contribution is 5.94. The lowest BCUT2D eigenvalue weighted by Gasteiger charge is -2.30. The fourth-order valence-electron chi connectivity index (χ4n) is 12.0. The van der Waals surface area contributed by atoms with E-state index in [2.05, 4.69) is 142 Å². The van der Waals surface area contributed by atoms with Gasteiger partial charge in [-0.1, -0.05) is 186 Å². The number of carbonyl (C=O) groups excluding carboxylic acids is 3. The van der Waals surface area contributed by atoms with E-state index in [1.165, 1.54) is 94.1 Å². The van der Waals surface area contributed by atoms with Gasteiger partial charge in [-0.05, 0) is 148 Å². The Bertz CT molecular complexity index is 2350. The molecule has 6 aromatic carbocycles. The number of nitrogens with zero attached hydrogens (tertiary/aromatic N) is 6. The van der Waals surface area contributed by atoms with Crippen LogP contribution >= 0.6 is 0 Å². The zero-order valence-electron chi connectivity index (χ0n) is 49.6. The van der Waals surface area contributed by atoms with Crippen molar-refractivity contribution in [3.63, 3.8) is 0 Å². The third-order valence-electron chi connectivity index (χ3n) is 16.6. The van der Waals surface area contributed by atoms with Crippen LogP contribution in [0.4, 0.5) is 17.1 Å². The zero-order valence-corrected chi connectivity index (χ0v) is 49.6. The molecule has 6 aromatic rings. The van der Waals surface area contributed by atoms with E-state index in [0.717, 1.165) is 95.2 Å². The van der Waals surface area contributed by atoms with Crippen LogP contribution in [-0.2, 0) is 33.6 Å². The van der Waals surface area contributed by atoms with Crippen LogP contribution in [0.1, 0.15) is 115 Å². The third kappa shape index (κ3) is 21.8. The van der Waals surface area contributed by atoms with E-state index in [-0.39, 0.29) is 17.7 Å². The predicted molar refractivity (Wildman–Crippen MR) is 339 cm³/mol. The second kappa shape index (κ2) is 35.5. The molecule has 432 valence electrons. The summed E-state index contributed by atoms with van der Waals surface area (Å²) in [5, 5.41) is 0. The van der Waals surface area contributed by atoms with Gasteiger partial charge in [0.15, 0.2) is 0 Å². The van der Waals surface area contributed by atoms with Gasteiger partial charge < -0.3 is 29.4 Å². The normalized spacial score (nSPS) is 18.0. The minimum atomic E-state index is 0.223. The van der Waals surface area contributed by atoms with E-state index in [9.17, 15) is 14.4 Å². The van der Waals surface area contributed by atoms with Gasteiger partial charge in [-0.15, -0.1) is 0 Å². The van der Waals surface area contributed by atoms with Crippen LogP contribution in [0, 0.1) is 17.8 Å². The highest BCUT2D eigenvalue weighted by Crippen LogP contribution is 2.26. The number of hydrogen-bond acceptors (Lipinski definition) is 6. The second-order valence-corrected chi connectivity index (χ2v) is 22.8. The monoisotopic (exact) mass is 1090 g/mol. The lowest BCUT2D eigenvalue weighted by atomic mass is 10.0. The topological polar surface area (TPSA) is 70.7 Å². The van der Waals surface area contributed by atoms with Crippen molar-refractivity contribution in [3.05, 3.63) is 199 Å². The number of hydrogen-bond donors (Lipinski definition) is 0. The molecule has 0 spiro atoms. The Labute approximate surface area is 488 Å². The Morgan fingerprint density at radius 3 is 0.815 bits per heavy atom. The van der Waals surface area contributed by atoms with Crippen molar-refractivity contribution in [2.45, 2.75) is 117 Å². The summed E-state index contributed by atoms with van der Waals surface area (Å²) in [6.07, 6.45) is 16.2. The lowest BCUT2D eigenvalue weighted by molar-refractivity contribution is -0.119. The van der Waals surface area contributed by atoms with Gasteiger partial charge in [-0.25, -0.2) is 0 Å². The molecule has 3 aliphatic rings. The molecule has 0 aliphatic carbocycles. The summed E-state index contributed by atoms with van der Waals surface area (Å²) in [5.74, 6) is 2.29. The van der Waals surface area contributed by atoms with Crippen LogP contribution in [-0.4, -0.2) is 111 Å². The molecular formula is C72H96N6O3. The summed E-state index contributed by atoms with van der Waals surface area (Å²) in [6, 6.07) is 62.7. The molecular weight excluding hydrogens is 997 g/mol. The Balaban J connectivity index is 0.000000175. The van der Waals surface area contributed by atoms with Crippen molar-refractivity contribution in [1.29, 1.82) is 0 Å². The van der Waals surface area contributed by atoms with E-state index in [0.29, 0.717) is 37.0 Å². The standard InChI is InChI=1S/3C24H32N2O/c3*1-2-24(27)26(23-14-7-4-8-15-23)20-22-13-9-10-17-25(19-22)18-16-21-11-5-3-6-12-21/h3*3-8,11-12,14-15,22H,2,9-10,13,16-20H2,1H3. The number of rotatable bonds is 21. The minimum absolute atomic E-state index is 0.223.